The quantitative estimate of drug-likeness (QED) is 0.484. The Kier molecular flexibility index (Phi) is 6.35. The summed E-state index contributed by atoms with van der Waals surface area (Å²) in [5.74, 6) is 1.43. The lowest BCUT2D eigenvalue weighted by Crippen LogP contribution is -2.50. The molecule has 3 aromatic rings. The lowest BCUT2D eigenvalue weighted by atomic mass is 9.81. The third-order valence-corrected chi connectivity index (χ3v) is 7.78. The zero-order valence-electron chi connectivity index (χ0n) is 21.3. The lowest BCUT2D eigenvalue weighted by molar-refractivity contribution is -0.130. The average Bonchev–Trinajstić information content (AvgIpc) is 3.75. The van der Waals surface area contributed by atoms with Crippen LogP contribution in [-0.2, 0) is 16.9 Å². The number of guanidine groups is 1. The van der Waals surface area contributed by atoms with Gasteiger partial charge < -0.3 is 15.8 Å². The number of hydrogen-bond donors (Lipinski definition) is 2. The van der Waals surface area contributed by atoms with Gasteiger partial charge in [0.1, 0.15) is 5.75 Å². The molecule has 0 aromatic heterocycles. The van der Waals surface area contributed by atoms with Crippen LogP contribution in [0.1, 0.15) is 65.2 Å². The molecule has 0 spiro atoms. The first kappa shape index (κ1) is 24.2. The summed E-state index contributed by atoms with van der Waals surface area (Å²) in [7, 11) is 0. The molecule has 6 rings (SSSR count). The number of carbonyl (C=O) groups excluding carboxylic acids is 2. The Morgan fingerprint density at radius 1 is 1.03 bits per heavy atom. The van der Waals surface area contributed by atoms with Crippen molar-refractivity contribution in [1.82, 2.24) is 10.2 Å². The highest BCUT2D eigenvalue weighted by Gasteiger charge is 2.44. The molecule has 2 atom stereocenters. The zero-order valence-corrected chi connectivity index (χ0v) is 21.3. The van der Waals surface area contributed by atoms with Crippen molar-refractivity contribution in [2.75, 3.05) is 6.61 Å². The third kappa shape index (κ3) is 4.88. The van der Waals surface area contributed by atoms with Gasteiger partial charge in [0.15, 0.2) is 5.96 Å². The van der Waals surface area contributed by atoms with E-state index in [-0.39, 0.29) is 36.8 Å². The van der Waals surface area contributed by atoms with Crippen LogP contribution in [0.2, 0.25) is 0 Å². The van der Waals surface area contributed by atoms with Gasteiger partial charge in [0, 0.05) is 17.5 Å². The van der Waals surface area contributed by atoms with Crippen LogP contribution in [0.5, 0.6) is 5.75 Å². The first-order valence-corrected chi connectivity index (χ1v) is 13.3. The fraction of sp³-hybridized carbons (Fsp3) is 0.323. The average molecular weight is 509 g/mol. The number of carbonyl (C=O) groups is 2. The van der Waals surface area contributed by atoms with Crippen LogP contribution in [0.3, 0.4) is 0 Å². The topological polar surface area (TPSA) is 97.0 Å². The van der Waals surface area contributed by atoms with Gasteiger partial charge in [-0.1, -0.05) is 73.5 Å². The smallest absolute Gasteiger partial charge is 0.251 e. The number of ether oxygens (including phenoxy) is 1. The molecule has 2 amide bonds. The SMILES string of the molecule is NC1=N[C@@](CC2CC2)(c2ccccc2)CC(=O)N1Cc1cccc(C(=O)N[C@H]2CCOc3ccccc32)c1. The number of para-hydroxylation sites is 1. The van der Waals surface area contributed by atoms with Gasteiger partial charge in [-0.15, -0.1) is 0 Å². The predicted octanol–water partition coefficient (Wildman–Crippen LogP) is 4.68. The number of nitrogens with two attached hydrogens (primary N) is 1. The normalized spacial score (nSPS) is 22.7. The molecule has 2 heterocycles. The van der Waals surface area contributed by atoms with E-state index in [1.165, 1.54) is 12.8 Å². The highest BCUT2D eigenvalue weighted by molar-refractivity contribution is 5.99. The van der Waals surface area contributed by atoms with Crippen molar-refractivity contribution in [1.29, 1.82) is 0 Å². The molecule has 0 saturated heterocycles. The molecule has 38 heavy (non-hydrogen) atoms. The van der Waals surface area contributed by atoms with E-state index in [2.05, 4.69) is 5.32 Å². The third-order valence-electron chi connectivity index (χ3n) is 7.78. The van der Waals surface area contributed by atoms with Crippen molar-refractivity contribution in [2.24, 2.45) is 16.6 Å². The van der Waals surface area contributed by atoms with Crippen molar-refractivity contribution < 1.29 is 14.3 Å². The summed E-state index contributed by atoms with van der Waals surface area (Å²) in [4.78, 5) is 33.1. The maximum atomic E-state index is 13.5. The standard InChI is InChI=1S/C31H32N4O3/c32-30-34-31(18-21-13-14-21,24-9-2-1-3-10-24)19-28(36)35(30)20-22-7-6-8-23(17-22)29(37)33-26-15-16-38-27-12-5-4-11-25(26)27/h1-12,17,21,26H,13-16,18-20H2,(H2,32,34)(H,33,37)/t26-,31+/m0/s1. The van der Waals surface area contributed by atoms with Gasteiger partial charge in [-0.2, -0.15) is 0 Å². The van der Waals surface area contributed by atoms with Crippen LogP contribution >= 0.6 is 0 Å². The van der Waals surface area contributed by atoms with Crippen LogP contribution in [-0.4, -0.2) is 29.3 Å². The summed E-state index contributed by atoms with van der Waals surface area (Å²) in [6.45, 7) is 0.826. The Morgan fingerprint density at radius 3 is 2.61 bits per heavy atom. The number of fused-ring (bicyclic) bond motifs is 1. The molecule has 7 nitrogen and oxygen atoms in total. The van der Waals surface area contributed by atoms with Gasteiger partial charge in [0.05, 0.1) is 31.2 Å². The van der Waals surface area contributed by atoms with Crippen LogP contribution in [0.4, 0.5) is 0 Å². The van der Waals surface area contributed by atoms with E-state index in [4.69, 9.17) is 15.5 Å². The molecule has 0 bridgehead atoms. The van der Waals surface area contributed by atoms with Gasteiger partial charge in [0.25, 0.3) is 5.91 Å². The van der Waals surface area contributed by atoms with Gasteiger partial charge in [-0.25, -0.2) is 4.99 Å². The first-order valence-electron chi connectivity index (χ1n) is 13.3. The molecular formula is C31H32N4O3. The monoisotopic (exact) mass is 508 g/mol. The second-order valence-electron chi connectivity index (χ2n) is 10.6. The van der Waals surface area contributed by atoms with Gasteiger partial charge in [-0.3, -0.25) is 14.5 Å². The lowest BCUT2D eigenvalue weighted by Gasteiger charge is -2.38. The highest BCUT2D eigenvalue weighted by Crippen LogP contribution is 2.46. The van der Waals surface area contributed by atoms with Gasteiger partial charge >= 0.3 is 0 Å². The van der Waals surface area contributed by atoms with E-state index >= 15 is 0 Å². The Morgan fingerprint density at radius 2 is 1.82 bits per heavy atom. The molecule has 194 valence electrons. The van der Waals surface area contributed by atoms with Crippen molar-refractivity contribution >= 4 is 17.8 Å². The van der Waals surface area contributed by atoms with Gasteiger partial charge in [-0.05, 0) is 41.7 Å². The Balaban J connectivity index is 1.20. The van der Waals surface area contributed by atoms with E-state index in [1.54, 1.807) is 11.0 Å². The van der Waals surface area contributed by atoms with Crippen LogP contribution in [0.25, 0.3) is 0 Å². The zero-order chi connectivity index (χ0) is 26.1. The van der Waals surface area contributed by atoms with Crippen molar-refractivity contribution in [3.8, 4) is 5.75 Å². The van der Waals surface area contributed by atoms with E-state index < -0.39 is 5.54 Å². The summed E-state index contributed by atoms with van der Waals surface area (Å²) in [5, 5.41) is 3.14. The minimum absolute atomic E-state index is 0.0457. The predicted molar refractivity (Wildman–Crippen MR) is 145 cm³/mol. The maximum absolute atomic E-state index is 13.5. The Labute approximate surface area is 222 Å². The molecular weight excluding hydrogens is 476 g/mol. The summed E-state index contributed by atoms with van der Waals surface area (Å²) in [6.07, 6.45) is 4.19. The second-order valence-corrected chi connectivity index (χ2v) is 10.6. The number of aliphatic imine (C=N–C) groups is 1. The molecule has 0 radical (unpaired) electrons. The van der Waals surface area contributed by atoms with Crippen LogP contribution < -0.4 is 15.8 Å². The number of amides is 2. The number of benzene rings is 3. The Bertz CT molecular complexity index is 1380. The fourth-order valence-corrected chi connectivity index (χ4v) is 5.64. The van der Waals surface area contributed by atoms with Crippen molar-refractivity contribution in [3.05, 3.63) is 101 Å². The molecule has 1 saturated carbocycles. The molecule has 3 N–H and O–H groups in total. The number of hydrogen-bond acceptors (Lipinski definition) is 5. The molecule has 2 aliphatic heterocycles. The van der Waals surface area contributed by atoms with Crippen LogP contribution in [0.15, 0.2) is 83.9 Å². The summed E-state index contributed by atoms with van der Waals surface area (Å²) < 4.78 is 5.72. The number of rotatable bonds is 7. The largest absolute Gasteiger partial charge is 0.493 e. The number of nitrogens with one attached hydrogen (secondary N) is 1. The number of nitrogens with zero attached hydrogens (tertiary/aromatic N) is 2. The molecule has 3 aliphatic rings. The highest BCUT2D eigenvalue weighted by atomic mass is 16.5. The van der Waals surface area contributed by atoms with E-state index in [0.29, 0.717) is 24.5 Å². The second kappa shape index (κ2) is 9.97. The van der Waals surface area contributed by atoms with E-state index in [9.17, 15) is 9.59 Å². The fourth-order valence-electron chi connectivity index (χ4n) is 5.64. The first-order chi connectivity index (χ1) is 18.5. The van der Waals surface area contributed by atoms with Crippen molar-refractivity contribution in [3.63, 3.8) is 0 Å². The molecule has 0 unspecified atom stereocenters. The maximum Gasteiger partial charge on any atom is 0.251 e. The molecule has 1 aliphatic carbocycles. The minimum atomic E-state index is -0.609. The molecule has 1 fully saturated rings. The summed E-state index contributed by atoms with van der Waals surface area (Å²) in [5.41, 5.74) is 9.24. The van der Waals surface area contributed by atoms with E-state index in [0.717, 1.165) is 28.9 Å². The summed E-state index contributed by atoms with van der Waals surface area (Å²) >= 11 is 0. The van der Waals surface area contributed by atoms with Crippen LogP contribution in [0, 0.1) is 5.92 Å². The summed E-state index contributed by atoms with van der Waals surface area (Å²) in [6, 6.07) is 25.1. The Hall–Kier alpha value is -4.13. The molecule has 7 heteroatoms. The van der Waals surface area contributed by atoms with E-state index in [1.807, 2.05) is 72.8 Å². The molecule has 3 aromatic carbocycles. The minimum Gasteiger partial charge on any atom is -0.493 e. The van der Waals surface area contributed by atoms with Gasteiger partial charge in [0.2, 0.25) is 5.91 Å². The van der Waals surface area contributed by atoms with Crippen molar-refractivity contribution in [2.45, 2.75) is 50.2 Å².